The van der Waals surface area contributed by atoms with Crippen LogP contribution in [-0.4, -0.2) is 29.3 Å². The lowest BCUT2D eigenvalue weighted by molar-refractivity contribution is -0.384. The van der Waals surface area contributed by atoms with Crippen molar-refractivity contribution in [2.45, 2.75) is 64.4 Å². The number of unbranched alkanes of at least 4 members (excludes halogenated alkanes) is 5. The quantitative estimate of drug-likeness (QED) is 0.133. The summed E-state index contributed by atoms with van der Waals surface area (Å²) in [5, 5.41) is 10.7. The fourth-order valence-corrected chi connectivity index (χ4v) is 2.72. The average Bonchev–Trinajstić information content (AvgIpc) is 2.68. The molecular weight excluding hydrogens is 386 g/mol. The van der Waals surface area contributed by atoms with Crippen molar-refractivity contribution >= 4 is 29.2 Å². The van der Waals surface area contributed by atoms with Gasteiger partial charge < -0.3 is 9.47 Å². The molecule has 156 valence electrons. The maximum Gasteiger partial charge on any atom is 0.306 e. The number of nitrogens with zero attached hydrogens (tertiary/aromatic N) is 1. The molecular formula is C20H28ClNO6. The van der Waals surface area contributed by atoms with Crippen molar-refractivity contribution in [3.05, 3.63) is 39.9 Å². The van der Waals surface area contributed by atoms with Gasteiger partial charge in [-0.25, -0.2) is 0 Å². The lowest BCUT2D eigenvalue weighted by Gasteiger charge is -2.06. The number of nitro benzene ring substituents is 1. The Bertz CT molecular complexity index is 622. The summed E-state index contributed by atoms with van der Waals surface area (Å²) in [4.78, 5) is 33.5. The van der Waals surface area contributed by atoms with E-state index in [9.17, 15) is 19.7 Å². The second kappa shape index (κ2) is 14.9. The first-order chi connectivity index (χ1) is 13.5. The maximum atomic E-state index is 11.7. The molecule has 0 unspecified atom stereocenters. The third-order valence-corrected chi connectivity index (χ3v) is 4.34. The third kappa shape index (κ3) is 11.5. The Hall–Kier alpha value is -2.15. The Morgan fingerprint density at radius 1 is 0.929 bits per heavy atom. The number of esters is 2. The van der Waals surface area contributed by atoms with E-state index >= 15 is 0 Å². The standard InChI is InChI=1S/C20H28ClNO6/c21-13-5-3-1-2-4-6-14-27-19(23)11-8-12-20(24)28-16-17-9-7-10-18(15-17)22(25)26/h7,9-10,15H,1-6,8,11-14,16H2. The summed E-state index contributed by atoms with van der Waals surface area (Å²) >= 11 is 5.61. The predicted octanol–water partition coefficient (Wildman–Crippen LogP) is 4.93. The van der Waals surface area contributed by atoms with E-state index in [2.05, 4.69) is 0 Å². The minimum absolute atomic E-state index is 0.0319. The Labute approximate surface area is 170 Å². The molecule has 0 N–H and O–H groups in total. The minimum Gasteiger partial charge on any atom is -0.466 e. The molecule has 28 heavy (non-hydrogen) atoms. The second-order valence-corrected chi connectivity index (χ2v) is 6.85. The van der Waals surface area contributed by atoms with E-state index < -0.39 is 10.9 Å². The third-order valence-electron chi connectivity index (χ3n) is 4.07. The zero-order valence-corrected chi connectivity index (χ0v) is 16.8. The molecule has 0 aliphatic rings. The van der Waals surface area contributed by atoms with Crippen LogP contribution in [0.25, 0.3) is 0 Å². The summed E-state index contributed by atoms with van der Waals surface area (Å²) in [5.74, 6) is -0.0511. The molecule has 0 spiro atoms. The number of hydrogen-bond acceptors (Lipinski definition) is 6. The summed E-state index contributed by atoms with van der Waals surface area (Å²) in [5.41, 5.74) is 0.496. The molecule has 0 fully saturated rings. The highest BCUT2D eigenvalue weighted by Crippen LogP contribution is 2.14. The van der Waals surface area contributed by atoms with Gasteiger partial charge in [-0.05, 0) is 24.8 Å². The Balaban J connectivity index is 2.05. The summed E-state index contributed by atoms with van der Waals surface area (Å²) in [6.45, 7) is 0.376. The van der Waals surface area contributed by atoms with Crippen LogP contribution in [0.4, 0.5) is 5.69 Å². The Morgan fingerprint density at radius 2 is 1.57 bits per heavy atom. The van der Waals surface area contributed by atoms with Gasteiger partial charge in [0.25, 0.3) is 5.69 Å². The number of benzene rings is 1. The molecule has 0 heterocycles. The highest BCUT2D eigenvalue weighted by Gasteiger charge is 2.09. The molecule has 1 aromatic rings. The lowest BCUT2D eigenvalue weighted by Crippen LogP contribution is -2.09. The van der Waals surface area contributed by atoms with Crippen LogP contribution < -0.4 is 0 Å². The molecule has 7 nitrogen and oxygen atoms in total. The van der Waals surface area contributed by atoms with Gasteiger partial charge in [0, 0.05) is 30.9 Å². The number of alkyl halides is 1. The number of ether oxygens (including phenoxy) is 2. The molecule has 1 aromatic carbocycles. The largest absolute Gasteiger partial charge is 0.466 e. The number of nitro groups is 1. The molecule has 0 radical (unpaired) electrons. The molecule has 0 aliphatic heterocycles. The van der Waals surface area contributed by atoms with E-state index in [4.69, 9.17) is 21.1 Å². The van der Waals surface area contributed by atoms with Gasteiger partial charge in [-0.15, -0.1) is 11.6 Å². The van der Waals surface area contributed by atoms with E-state index in [0.29, 0.717) is 24.5 Å². The molecule has 0 atom stereocenters. The van der Waals surface area contributed by atoms with E-state index in [1.807, 2.05) is 0 Å². The van der Waals surface area contributed by atoms with Gasteiger partial charge in [0.15, 0.2) is 0 Å². The van der Waals surface area contributed by atoms with Gasteiger partial charge >= 0.3 is 11.9 Å². The number of rotatable bonds is 15. The van der Waals surface area contributed by atoms with Crippen molar-refractivity contribution in [3.8, 4) is 0 Å². The van der Waals surface area contributed by atoms with Crippen molar-refractivity contribution in [1.29, 1.82) is 0 Å². The van der Waals surface area contributed by atoms with Gasteiger partial charge in [-0.1, -0.05) is 37.8 Å². The Kier molecular flexibility index (Phi) is 12.7. The average molecular weight is 414 g/mol. The first kappa shape index (κ1) is 23.9. The topological polar surface area (TPSA) is 95.7 Å². The zero-order chi connectivity index (χ0) is 20.6. The van der Waals surface area contributed by atoms with Crippen LogP contribution in [0.5, 0.6) is 0 Å². The molecule has 0 amide bonds. The van der Waals surface area contributed by atoms with Crippen LogP contribution in [-0.2, 0) is 25.7 Å². The SMILES string of the molecule is O=C(CCCC(=O)OCc1cccc([N+](=O)[O-])c1)OCCCCCCCCCl. The number of hydrogen-bond donors (Lipinski definition) is 0. The monoisotopic (exact) mass is 413 g/mol. The van der Waals surface area contributed by atoms with Crippen molar-refractivity contribution in [2.24, 2.45) is 0 Å². The van der Waals surface area contributed by atoms with E-state index in [1.54, 1.807) is 6.07 Å². The normalized spacial score (nSPS) is 10.5. The molecule has 8 heteroatoms. The van der Waals surface area contributed by atoms with Crippen molar-refractivity contribution in [1.82, 2.24) is 0 Å². The fraction of sp³-hybridized carbons (Fsp3) is 0.600. The number of carbonyl (C=O) groups is 2. The van der Waals surface area contributed by atoms with E-state index in [1.165, 1.54) is 18.2 Å². The van der Waals surface area contributed by atoms with Crippen molar-refractivity contribution in [2.75, 3.05) is 12.5 Å². The first-order valence-corrected chi connectivity index (χ1v) is 10.2. The van der Waals surface area contributed by atoms with Gasteiger partial charge in [-0.3, -0.25) is 19.7 Å². The minimum atomic E-state index is -0.501. The molecule has 0 saturated carbocycles. The highest BCUT2D eigenvalue weighted by atomic mass is 35.5. The molecule has 0 aromatic heterocycles. The van der Waals surface area contributed by atoms with Gasteiger partial charge in [-0.2, -0.15) is 0 Å². The summed E-state index contributed by atoms with van der Waals surface area (Å²) in [7, 11) is 0. The second-order valence-electron chi connectivity index (χ2n) is 6.47. The van der Waals surface area contributed by atoms with Crippen LogP contribution in [0.1, 0.15) is 63.4 Å². The number of carbonyl (C=O) groups excluding carboxylic acids is 2. The molecule has 0 aliphatic carbocycles. The predicted molar refractivity (Wildman–Crippen MR) is 106 cm³/mol. The van der Waals surface area contributed by atoms with Gasteiger partial charge in [0.2, 0.25) is 0 Å². The lowest BCUT2D eigenvalue weighted by atomic mass is 10.1. The summed E-state index contributed by atoms with van der Waals surface area (Å²) in [6, 6.07) is 5.92. The molecule has 0 saturated heterocycles. The number of non-ortho nitro benzene ring substituents is 1. The van der Waals surface area contributed by atoms with Crippen LogP contribution >= 0.6 is 11.6 Å². The zero-order valence-electron chi connectivity index (χ0n) is 16.1. The van der Waals surface area contributed by atoms with Crippen LogP contribution in [0.15, 0.2) is 24.3 Å². The molecule has 0 bridgehead atoms. The maximum absolute atomic E-state index is 11.7. The van der Waals surface area contributed by atoms with Crippen molar-refractivity contribution < 1.29 is 24.0 Å². The highest BCUT2D eigenvalue weighted by molar-refractivity contribution is 6.17. The van der Waals surface area contributed by atoms with Crippen LogP contribution in [0, 0.1) is 10.1 Å². The smallest absolute Gasteiger partial charge is 0.306 e. The van der Waals surface area contributed by atoms with Crippen LogP contribution in [0.2, 0.25) is 0 Å². The van der Waals surface area contributed by atoms with E-state index in [-0.39, 0.29) is 31.1 Å². The van der Waals surface area contributed by atoms with E-state index in [0.717, 1.165) is 38.5 Å². The summed E-state index contributed by atoms with van der Waals surface area (Å²) < 4.78 is 10.2. The Morgan fingerprint density at radius 3 is 2.25 bits per heavy atom. The van der Waals surface area contributed by atoms with Crippen molar-refractivity contribution in [3.63, 3.8) is 0 Å². The van der Waals surface area contributed by atoms with Crippen LogP contribution in [0.3, 0.4) is 0 Å². The van der Waals surface area contributed by atoms with Gasteiger partial charge in [0.1, 0.15) is 6.61 Å². The van der Waals surface area contributed by atoms with Gasteiger partial charge in [0.05, 0.1) is 11.5 Å². The number of halogens is 1. The fourth-order valence-electron chi connectivity index (χ4n) is 2.53. The molecule has 1 rings (SSSR count). The summed E-state index contributed by atoms with van der Waals surface area (Å²) in [6.07, 6.45) is 6.95. The first-order valence-electron chi connectivity index (χ1n) is 9.63.